The van der Waals surface area contributed by atoms with Gasteiger partial charge in [0.25, 0.3) is 0 Å². The molecule has 7 heteroatoms. The van der Waals surface area contributed by atoms with E-state index >= 15 is 0 Å². The monoisotopic (exact) mass is 425 g/mol. The van der Waals surface area contributed by atoms with Crippen LogP contribution in [0.2, 0.25) is 0 Å². The summed E-state index contributed by atoms with van der Waals surface area (Å²) in [5.74, 6) is 0.325. The summed E-state index contributed by atoms with van der Waals surface area (Å²) in [5.41, 5.74) is -1.37. The smallest absolute Gasteiger partial charge is 0.408 e. The van der Waals surface area contributed by atoms with Gasteiger partial charge >= 0.3 is 6.09 Å². The predicted octanol–water partition coefficient (Wildman–Crippen LogP) is 4.40. The molecule has 1 atom stereocenters. The maximum Gasteiger partial charge on any atom is 0.408 e. The summed E-state index contributed by atoms with van der Waals surface area (Å²) in [6, 6.07) is -0.186. The van der Waals surface area contributed by atoms with Crippen molar-refractivity contribution in [3.63, 3.8) is 0 Å². The third-order valence-electron chi connectivity index (χ3n) is 5.10. The Morgan fingerprint density at radius 2 is 1.70 bits per heavy atom. The molecule has 1 rings (SSSR count). The molecule has 7 nitrogen and oxygen atoms in total. The predicted molar refractivity (Wildman–Crippen MR) is 119 cm³/mol. The van der Waals surface area contributed by atoms with Crippen molar-refractivity contribution < 1.29 is 19.5 Å². The molecule has 0 bridgehead atoms. The van der Waals surface area contributed by atoms with Crippen molar-refractivity contribution in [1.29, 1.82) is 0 Å². The molecule has 2 amide bonds. The number of rotatable bonds is 7. The Kier molecular flexibility index (Phi) is 8.93. The van der Waals surface area contributed by atoms with Gasteiger partial charge in [0.05, 0.1) is 6.04 Å². The fourth-order valence-corrected chi connectivity index (χ4v) is 4.15. The van der Waals surface area contributed by atoms with Crippen molar-refractivity contribution in [1.82, 2.24) is 15.7 Å². The molecule has 1 aliphatic heterocycles. The molecule has 0 aromatic rings. The van der Waals surface area contributed by atoms with Gasteiger partial charge in [0.15, 0.2) is 0 Å². The standard InChI is InChI=1S/C23H43N3O4/c1-16(2)13-17(25-20(28)30-21(3,4)5)11-10-12-19(27)24-18-14-22(6,7)26(29)23(8,9)15-18/h10-11,16-18,29H,12-15H2,1-9H3,(H,24,27)(H,25,28)/b11-10-/t17-/m1/s1. The first-order chi connectivity index (χ1) is 13.5. The highest BCUT2D eigenvalue weighted by Crippen LogP contribution is 2.36. The number of hydrogen-bond donors (Lipinski definition) is 3. The molecule has 0 aromatic carbocycles. The second-order valence-corrected chi connectivity index (χ2v) is 11.1. The number of carbonyl (C=O) groups excluding carboxylic acids is 2. The van der Waals surface area contributed by atoms with E-state index in [4.69, 9.17) is 4.74 Å². The van der Waals surface area contributed by atoms with Gasteiger partial charge in [-0.05, 0) is 73.6 Å². The zero-order valence-corrected chi connectivity index (χ0v) is 20.3. The van der Waals surface area contributed by atoms with E-state index < -0.39 is 22.8 Å². The number of carbonyl (C=O) groups is 2. The Balaban J connectivity index is 2.63. The molecule has 3 N–H and O–H groups in total. The first kappa shape index (κ1) is 26.4. The molecule has 0 aliphatic carbocycles. The maximum absolute atomic E-state index is 12.5. The summed E-state index contributed by atoms with van der Waals surface area (Å²) in [5, 5.41) is 17.8. The van der Waals surface area contributed by atoms with Crippen LogP contribution in [-0.2, 0) is 9.53 Å². The number of hydroxylamine groups is 2. The summed E-state index contributed by atoms with van der Waals surface area (Å²) in [4.78, 5) is 24.6. The van der Waals surface area contributed by atoms with Crippen molar-refractivity contribution in [3.8, 4) is 0 Å². The van der Waals surface area contributed by atoms with E-state index in [-0.39, 0.29) is 24.4 Å². The van der Waals surface area contributed by atoms with Gasteiger partial charge in [-0.3, -0.25) is 4.79 Å². The minimum Gasteiger partial charge on any atom is -0.444 e. The fraction of sp³-hybridized carbons (Fsp3) is 0.826. The Morgan fingerprint density at radius 1 is 1.17 bits per heavy atom. The van der Waals surface area contributed by atoms with Crippen LogP contribution in [0.4, 0.5) is 4.79 Å². The van der Waals surface area contributed by atoms with Crippen molar-refractivity contribution in [2.24, 2.45) is 5.92 Å². The normalized spacial score (nSPS) is 20.9. The summed E-state index contributed by atoms with van der Waals surface area (Å²) in [6.45, 7) is 17.6. The molecule has 0 radical (unpaired) electrons. The zero-order chi connectivity index (χ0) is 23.3. The lowest BCUT2D eigenvalue weighted by molar-refractivity contribution is -0.246. The van der Waals surface area contributed by atoms with E-state index in [1.807, 2.05) is 54.5 Å². The number of alkyl carbamates (subject to hydrolysis) is 1. The van der Waals surface area contributed by atoms with E-state index in [2.05, 4.69) is 24.5 Å². The molecule has 1 heterocycles. The summed E-state index contributed by atoms with van der Waals surface area (Å²) in [7, 11) is 0. The summed E-state index contributed by atoms with van der Waals surface area (Å²) >= 11 is 0. The maximum atomic E-state index is 12.5. The average molecular weight is 426 g/mol. The van der Waals surface area contributed by atoms with Gasteiger partial charge in [0.2, 0.25) is 5.91 Å². The number of amides is 2. The molecular formula is C23H43N3O4. The number of nitrogens with one attached hydrogen (secondary N) is 2. The molecule has 0 unspecified atom stereocenters. The Hall–Kier alpha value is -1.60. The van der Waals surface area contributed by atoms with Gasteiger partial charge in [0, 0.05) is 23.5 Å². The third kappa shape index (κ3) is 9.04. The lowest BCUT2D eigenvalue weighted by Gasteiger charge is -2.51. The largest absolute Gasteiger partial charge is 0.444 e. The highest BCUT2D eigenvalue weighted by Gasteiger charge is 2.45. The molecule has 0 saturated carbocycles. The minimum atomic E-state index is -0.554. The van der Waals surface area contributed by atoms with Gasteiger partial charge in [-0.25, -0.2) is 4.79 Å². The van der Waals surface area contributed by atoms with Gasteiger partial charge in [-0.15, -0.1) is 0 Å². The number of piperidine rings is 1. The van der Waals surface area contributed by atoms with Crippen LogP contribution in [0.25, 0.3) is 0 Å². The Morgan fingerprint density at radius 3 is 2.17 bits per heavy atom. The molecule has 0 aromatic heterocycles. The first-order valence-electron chi connectivity index (χ1n) is 11.0. The topological polar surface area (TPSA) is 90.9 Å². The fourth-order valence-electron chi connectivity index (χ4n) is 4.15. The zero-order valence-electron chi connectivity index (χ0n) is 20.3. The van der Waals surface area contributed by atoms with Crippen LogP contribution in [0.5, 0.6) is 0 Å². The van der Waals surface area contributed by atoms with Crippen molar-refractivity contribution >= 4 is 12.0 Å². The molecule has 174 valence electrons. The van der Waals surface area contributed by atoms with Gasteiger partial charge < -0.3 is 20.6 Å². The van der Waals surface area contributed by atoms with E-state index in [1.165, 1.54) is 5.06 Å². The van der Waals surface area contributed by atoms with Crippen LogP contribution >= 0.6 is 0 Å². The van der Waals surface area contributed by atoms with Crippen LogP contribution in [0.1, 0.15) is 88.0 Å². The second kappa shape index (κ2) is 10.1. The lowest BCUT2D eigenvalue weighted by Crippen LogP contribution is -2.62. The third-order valence-corrected chi connectivity index (χ3v) is 5.10. The Bertz CT molecular complexity index is 602. The summed E-state index contributed by atoms with van der Waals surface area (Å²) in [6.07, 6.45) is 5.57. The van der Waals surface area contributed by atoms with Crippen LogP contribution in [0.15, 0.2) is 12.2 Å². The van der Waals surface area contributed by atoms with Gasteiger partial charge in [-0.1, -0.05) is 26.0 Å². The van der Waals surface area contributed by atoms with E-state index in [0.29, 0.717) is 18.8 Å². The van der Waals surface area contributed by atoms with Crippen molar-refractivity contribution in [3.05, 3.63) is 12.2 Å². The highest BCUT2D eigenvalue weighted by atomic mass is 16.6. The Labute approximate surface area is 182 Å². The van der Waals surface area contributed by atoms with E-state index in [0.717, 1.165) is 6.42 Å². The molecule has 30 heavy (non-hydrogen) atoms. The molecule has 1 fully saturated rings. The first-order valence-corrected chi connectivity index (χ1v) is 11.0. The van der Waals surface area contributed by atoms with Crippen LogP contribution in [0.3, 0.4) is 0 Å². The van der Waals surface area contributed by atoms with Crippen LogP contribution in [-0.4, -0.2) is 51.0 Å². The second-order valence-electron chi connectivity index (χ2n) is 11.1. The molecule has 1 saturated heterocycles. The number of ether oxygens (including phenoxy) is 1. The number of hydrogen-bond acceptors (Lipinski definition) is 5. The molecular weight excluding hydrogens is 382 g/mol. The van der Waals surface area contributed by atoms with Crippen LogP contribution in [0, 0.1) is 5.92 Å². The van der Waals surface area contributed by atoms with E-state index in [1.54, 1.807) is 6.08 Å². The number of nitrogens with zero attached hydrogens (tertiary/aromatic N) is 1. The lowest BCUT2D eigenvalue weighted by atomic mass is 9.79. The van der Waals surface area contributed by atoms with Crippen LogP contribution < -0.4 is 10.6 Å². The SMILES string of the molecule is CC(C)C[C@@H](/C=C\CC(=O)NC1CC(C)(C)N(O)C(C)(C)C1)NC(=O)OC(C)(C)C. The average Bonchev–Trinajstić information content (AvgIpc) is 2.49. The molecule has 1 aliphatic rings. The van der Waals surface area contributed by atoms with Crippen molar-refractivity contribution in [2.75, 3.05) is 0 Å². The van der Waals surface area contributed by atoms with Gasteiger partial charge in [0.1, 0.15) is 5.60 Å². The summed E-state index contributed by atoms with van der Waals surface area (Å²) < 4.78 is 5.34. The highest BCUT2D eigenvalue weighted by molar-refractivity contribution is 5.77. The minimum absolute atomic E-state index is 0.00523. The van der Waals surface area contributed by atoms with Gasteiger partial charge in [-0.2, -0.15) is 5.06 Å². The molecule has 0 spiro atoms. The van der Waals surface area contributed by atoms with Crippen molar-refractivity contribution in [2.45, 2.75) is 117 Å². The quantitative estimate of drug-likeness (QED) is 0.526. The van der Waals surface area contributed by atoms with E-state index in [9.17, 15) is 14.8 Å².